The molecule has 0 bridgehead atoms. The highest BCUT2D eigenvalue weighted by molar-refractivity contribution is 6.31. The van der Waals surface area contributed by atoms with Gasteiger partial charge in [0.15, 0.2) is 5.65 Å². The van der Waals surface area contributed by atoms with Gasteiger partial charge in [-0.1, -0.05) is 11.6 Å². The van der Waals surface area contributed by atoms with E-state index in [1.807, 2.05) is 25.2 Å². The van der Waals surface area contributed by atoms with Crippen LogP contribution in [0, 0.1) is 0 Å². The van der Waals surface area contributed by atoms with Crippen LogP contribution < -0.4 is 11.1 Å². The van der Waals surface area contributed by atoms with Gasteiger partial charge in [-0.25, -0.2) is 9.97 Å². The van der Waals surface area contributed by atoms with Crippen LogP contribution in [0.1, 0.15) is 36.0 Å². The van der Waals surface area contributed by atoms with E-state index >= 15 is 0 Å². The van der Waals surface area contributed by atoms with Gasteiger partial charge in [0.1, 0.15) is 16.9 Å². The van der Waals surface area contributed by atoms with Gasteiger partial charge in [0.05, 0.1) is 17.3 Å². The number of amides is 1. The summed E-state index contributed by atoms with van der Waals surface area (Å²) in [6.45, 7) is 0. The molecule has 0 aliphatic heterocycles. The summed E-state index contributed by atoms with van der Waals surface area (Å²) in [6.07, 6.45) is 7.10. The zero-order chi connectivity index (χ0) is 20.8. The van der Waals surface area contributed by atoms with E-state index in [0.717, 1.165) is 36.6 Å². The molecule has 1 saturated carbocycles. The van der Waals surface area contributed by atoms with Crippen LogP contribution in [0.25, 0.3) is 33.5 Å². The summed E-state index contributed by atoms with van der Waals surface area (Å²) < 4.78 is 1.76. The maximum absolute atomic E-state index is 12.9. The first-order valence-electron chi connectivity index (χ1n) is 10.0. The summed E-state index contributed by atoms with van der Waals surface area (Å²) in [5.41, 5.74) is 9.82. The van der Waals surface area contributed by atoms with Crippen LogP contribution in [0.15, 0.2) is 30.6 Å². The van der Waals surface area contributed by atoms with Crippen LogP contribution in [-0.4, -0.2) is 42.7 Å². The molecule has 2 atom stereocenters. The van der Waals surface area contributed by atoms with Crippen molar-refractivity contribution in [3.05, 3.63) is 41.2 Å². The van der Waals surface area contributed by atoms with E-state index in [9.17, 15) is 4.79 Å². The summed E-state index contributed by atoms with van der Waals surface area (Å²) in [6, 6.07) is 5.84. The van der Waals surface area contributed by atoms with Crippen molar-refractivity contribution in [3.63, 3.8) is 0 Å². The second-order valence-electron chi connectivity index (χ2n) is 7.89. The summed E-state index contributed by atoms with van der Waals surface area (Å²) in [5, 5.41) is 9.27. The standard InChI is InChI=1S/C21H22ClN7O/c1-29-17-7-11(22)5-6-14(17)18(28-29)16-10-25-20-19(27-16)15(9-24-20)21(30)26-13-4-2-3-12(23)8-13/h5-7,9-10,12-13H,2-4,8,23H2,1H3,(H,24,25)(H,26,30)/t12?,13-/m1/s1. The number of benzene rings is 1. The molecule has 3 heterocycles. The van der Waals surface area contributed by atoms with Crippen LogP contribution in [-0.2, 0) is 7.05 Å². The molecule has 154 valence electrons. The molecule has 1 fully saturated rings. The van der Waals surface area contributed by atoms with Crippen LogP contribution in [0.3, 0.4) is 0 Å². The van der Waals surface area contributed by atoms with Crippen molar-refractivity contribution < 1.29 is 4.79 Å². The number of hydrogen-bond acceptors (Lipinski definition) is 5. The molecule has 1 unspecified atom stereocenters. The average Bonchev–Trinajstić information content (AvgIpc) is 3.29. The van der Waals surface area contributed by atoms with Crippen molar-refractivity contribution in [2.45, 2.75) is 37.8 Å². The second-order valence-corrected chi connectivity index (χ2v) is 8.32. The van der Waals surface area contributed by atoms with Gasteiger partial charge in [0.25, 0.3) is 5.91 Å². The highest BCUT2D eigenvalue weighted by atomic mass is 35.5. The molecule has 0 radical (unpaired) electrons. The van der Waals surface area contributed by atoms with Gasteiger partial charge in [-0.3, -0.25) is 9.48 Å². The molecule has 1 amide bonds. The number of nitrogens with zero attached hydrogens (tertiary/aromatic N) is 4. The lowest BCUT2D eigenvalue weighted by Gasteiger charge is -2.27. The summed E-state index contributed by atoms with van der Waals surface area (Å²) >= 11 is 6.13. The van der Waals surface area contributed by atoms with E-state index in [1.54, 1.807) is 17.1 Å². The Hall–Kier alpha value is -2.97. The minimum absolute atomic E-state index is 0.0897. The van der Waals surface area contributed by atoms with Crippen molar-refractivity contribution in [1.82, 2.24) is 30.0 Å². The fourth-order valence-electron chi connectivity index (χ4n) is 4.22. The van der Waals surface area contributed by atoms with E-state index in [4.69, 9.17) is 22.3 Å². The maximum atomic E-state index is 12.9. The highest BCUT2D eigenvalue weighted by Gasteiger charge is 2.23. The molecule has 1 aliphatic carbocycles. The lowest BCUT2D eigenvalue weighted by atomic mass is 9.91. The third-order valence-electron chi connectivity index (χ3n) is 5.73. The number of aryl methyl sites for hydroxylation is 1. The van der Waals surface area contributed by atoms with Crippen molar-refractivity contribution >= 4 is 39.6 Å². The fraction of sp³-hybridized carbons (Fsp3) is 0.333. The number of carbonyl (C=O) groups is 1. The molecule has 4 aromatic rings. The molecule has 1 aromatic carbocycles. The molecule has 0 saturated heterocycles. The van der Waals surface area contributed by atoms with Gasteiger partial charge >= 0.3 is 0 Å². The van der Waals surface area contributed by atoms with Gasteiger partial charge in [-0.2, -0.15) is 5.10 Å². The normalized spacial score (nSPS) is 19.4. The molecule has 4 N–H and O–H groups in total. The summed E-state index contributed by atoms with van der Waals surface area (Å²) in [7, 11) is 1.86. The molecule has 8 nitrogen and oxygen atoms in total. The Balaban J connectivity index is 1.51. The summed E-state index contributed by atoms with van der Waals surface area (Å²) in [5.74, 6) is -0.163. The number of fused-ring (bicyclic) bond motifs is 2. The predicted octanol–water partition coefficient (Wildman–Crippen LogP) is 3.16. The Morgan fingerprint density at radius 2 is 2.23 bits per heavy atom. The Labute approximate surface area is 177 Å². The van der Waals surface area contributed by atoms with E-state index < -0.39 is 0 Å². The maximum Gasteiger partial charge on any atom is 0.255 e. The fourth-order valence-corrected chi connectivity index (χ4v) is 4.39. The SMILES string of the molecule is Cn1nc(-c2cnc3[nH]cc(C(=O)N[C@@H]4CCCC(N)C4)c3n2)c2ccc(Cl)cc21. The number of carbonyl (C=O) groups excluding carboxylic acids is 1. The van der Waals surface area contributed by atoms with Crippen LogP contribution >= 0.6 is 11.6 Å². The molecular formula is C21H22ClN7O. The molecule has 5 rings (SSSR count). The number of rotatable bonds is 3. The third-order valence-corrected chi connectivity index (χ3v) is 5.97. The average molecular weight is 424 g/mol. The predicted molar refractivity (Wildman–Crippen MR) is 116 cm³/mol. The first-order valence-corrected chi connectivity index (χ1v) is 10.4. The molecule has 1 aliphatic rings. The smallest absolute Gasteiger partial charge is 0.255 e. The Morgan fingerprint density at radius 1 is 1.37 bits per heavy atom. The monoisotopic (exact) mass is 423 g/mol. The zero-order valence-electron chi connectivity index (χ0n) is 16.5. The largest absolute Gasteiger partial charge is 0.349 e. The molecule has 9 heteroatoms. The van der Waals surface area contributed by atoms with Gasteiger partial charge in [0.2, 0.25) is 0 Å². The first-order chi connectivity index (χ1) is 14.5. The first kappa shape index (κ1) is 19.0. The van der Waals surface area contributed by atoms with E-state index in [0.29, 0.717) is 33.1 Å². The van der Waals surface area contributed by atoms with Gasteiger partial charge in [-0.15, -0.1) is 0 Å². The number of nitrogens with two attached hydrogens (primary N) is 1. The number of halogens is 1. The lowest BCUT2D eigenvalue weighted by molar-refractivity contribution is 0.0927. The molecule has 3 aromatic heterocycles. The Kier molecular flexibility index (Phi) is 4.67. The zero-order valence-corrected chi connectivity index (χ0v) is 17.3. The van der Waals surface area contributed by atoms with Crippen LogP contribution in [0.5, 0.6) is 0 Å². The number of nitrogens with one attached hydrogen (secondary N) is 2. The Morgan fingerprint density at radius 3 is 3.07 bits per heavy atom. The highest BCUT2D eigenvalue weighted by Crippen LogP contribution is 2.29. The third kappa shape index (κ3) is 3.32. The van der Waals surface area contributed by atoms with Crippen molar-refractivity contribution in [1.29, 1.82) is 0 Å². The lowest BCUT2D eigenvalue weighted by Crippen LogP contribution is -2.42. The number of aromatic nitrogens is 5. The minimum atomic E-state index is -0.163. The number of hydrogen-bond donors (Lipinski definition) is 3. The van der Waals surface area contributed by atoms with Crippen LogP contribution in [0.2, 0.25) is 5.02 Å². The van der Waals surface area contributed by atoms with Crippen LogP contribution in [0.4, 0.5) is 0 Å². The Bertz CT molecular complexity index is 1260. The topological polar surface area (TPSA) is 115 Å². The number of H-pyrrole nitrogens is 1. The van der Waals surface area contributed by atoms with E-state index in [-0.39, 0.29) is 18.0 Å². The number of aromatic amines is 1. The van der Waals surface area contributed by atoms with E-state index in [2.05, 4.69) is 20.4 Å². The minimum Gasteiger partial charge on any atom is -0.349 e. The van der Waals surface area contributed by atoms with Gasteiger partial charge < -0.3 is 16.0 Å². The molecule has 0 spiro atoms. The van der Waals surface area contributed by atoms with Crippen molar-refractivity contribution in [2.75, 3.05) is 0 Å². The van der Waals surface area contributed by atoms with Crippen molar-refractivity contribution in [3.8, 4) is 11.4 Å². The second kappa shape index (κ2) is 7.37. The molecule has 30 heavy (non-hydrogen) atoms. The quantitative estimate of drug-likeness (QED) is 0.468. The van der Waals surface area contributed by atoms with Gasteiger partial charge in [-0.05, 0) is 43.9 Å². The molecular weight excluding hydrogens is 402 g/mol. The summed E-state index contributed by atoms with van der Waals surface area (Å²) in [4.78, 5) is 25.2. The van der Waals surface area contributed by atoms with E-state index in [1.165, 1.54) is 0 Å². The van der Waals surface area contributed by atoms with Gasteiger partial charge in [0, 0.05) is 35.7 Å². The van der Waals surface area contributed by atoms with Crippen molar-refractivity contribution in [2.24, 2.45) is 12.8 Å².